The molecule has 2 aliphatic rings. The Morgan fingerprint density at radius 3 is 2.75 bits per heavy atom. The first-order valence-corrected chi connectivity index (χ1v) is 4.41. The predicted molar refractivity (Wildman–Crippen MR) is 43.0 cm³/mol. The van der Waals surface area contributed by atoms with Crippen molar-refractivity contribution in [2.24, 2.45) is 15.2 Å². The van der Waals surface area contributed by atoms with Gasteiger partial charge >= 0.3 is 10.1 Å². The average Bonchev–Trinajstić information content (AvgIpc) is 2.37. The van der Waals surface area contributed by atoms with E-state index in [1.165, 1.54) is 12.3 Å². The van der Waals surface area contributed by atoms with Crippen LogP contribution in [0.25, 0.3) is 0 Å². The van der Waals surface area contributed by atoms with Crippen molar-refractivity contribution in [3.63, 3.8) is 0 Å². The Morgan fingerprint density at radius 2 is 2.08 bits per heavy atom. The second-order valence-corrected chi connectivity index (χ2v) is 3.50. The summed E-state index contributed by atoms with van der Waals surface area (Å²) < 4.78 is 29.9. The molecule has 2 heterocycles. The molecule has 0 saturated heterocycles. The van der Waals surface area contributed by atoms with Crippen LogP contribution < -0.4 is 0 Å². The third-order valence-electron chi connectivity index (χ3n) is 1.37. The number of aliphatic imine (C=N–C) groups is 1. The van der Waals surface area contributed by atoms with Crippen LogP contribution in [0.15, 0.2) is 27.5 Å². The van der Waals surface area contributed by atoms with Crippen LogP contribution in [0.4, 0.5) is 0 Å². The average molecular weight is 185 g/mol. The van der Waals surface area contributed by atoms with Gasteiger partial charge in [0.15, 0.2) is 0 Å². The summed E-state index contributed by atoms with van der Waals surface area (Å²) in [5.74, 6) is 0. The highest BCUT2D eigenvalue weighted by Gasteiger charge is 2.31. The van der Waals surface area contributed by atoms with Crippen molar-refractivity contribution in [2.45, 2.75) is 0 Å². The summed E-state index contributed by atoms with van der Waals surface area (Å²) in [6.07, 6.45) is 2.91. The van der Waals surface area contributed by atoms with Crippen molar-refractivity contribution >= 4 is 26.6 Å². The SMILES string of the molecule is O=S(=O)(O)C1=NN=C2C=CN=C21. The molecule has 0 aromatic carbocycles. The maximum atomic E-state index is 10.6. The molecule has 0 aliphatic carbocycles. The van der Waals surface area contributed by atoms with Gasteiger partial charge < -0.3 is 0 Å². The van der Waals surface area contributed by atoms with Gasteiger partial charge in [0.1, 0.15) is 11.4 Å². The number of allylic oxidation sites excluding steroid dienone is 1. The summed E-state index contributed by atoms with van der Waals surface area (Å²) in [6.45, 7) is 0. The minimum absolute atomic E-state index is 0.109. The van der Waals surface area contributed by atoms with Crippen molar-refractivity contribution in [1.29, 1.82) is 0 Å². The lowest BCUT2D eigenvalue weighted by atomic mass is 10.3. The molecule has 12 heavy (non-hydrogen) atoms. The van der Waals surface area contributed by atoms with Gasteiger partial charge in [-0.3, -0.25) is 9.55 Å². The Hall–Kier alpha value is -1.34. The Kier molecular flexibility index (Phi) is 1.27. The zero-order valence-electron chi connectivity index (χ0n) is 5.67. The number of nitrogens with zero attached hydrogens (tertiary/aromatic N) is 3. The molecule has 62 valence electrons. The standard InChI is InChI=1S/C5H3N3O3S/c9-12(10,11)5-4-3(7-8-5)1-2-6-4/h1-2H,(H,9,10,11). The quantitative estimate of drug-likeness (QED) is 0.521. The lowest BCUT2D eigenvalue weighted by molar-refractivity contribution is 0.498. The summed E-state index contributed by atoms with van der Waals surface area (Å²) in [6, 6.07) is 0. The molecule has 7 heteroatoms. The Labute approximate surface area is 67.8 Å². The monoisotopic (exact) mass is 185 g/mol. The van der Waals surface area contributed by atoms with Crippen LogP contribution in [0.3, 0.4) is 0 Å². The Balaban J connectivity index is 2.51. The van der Waals surface area contributed by atoms with E-state index in [-0.39, 0.29) is 5.71 Å². The molecule has 2 rings (SSSR count). The van der Waals surface area contributed by atoms with Gasteiger partial charge in [-0.2, -0.15) is 8.42 Å². The lowest BCUT2D eigenvalue weighted by Gasteiger charge is -1.93. The van der Waals surface area contributed by atoms with Gasteiger partial charge in [-0.15, -0.1) is 10.2 Å². The number of rotatable bonds is 0. The lowest BCUT2D eigenvalue weighted by Crippen LogP contribution is -2.24. The topological polar surface area (TPSA) is 91.5 Å². The smallest absolute Gasteiger partial charge is 0.281 e. The summed E-state index contributed by atoms with van der Waals surface area (Å²) in [5.41, 5.74) is 0.472. The van der Waals surface area contributed by atoms with E-state index in [0.717, 1.165) is 0 Å². The van der Waals surface area contributed by atoms with Crippen LogP contribution in [0, 0.1) is 0 Å². The van der Waals surface area contributed by atoms with Crippen molar-refractivity contribution in [3.8, 4) is 0 Å². The molecular weight excluding hydrogens is 182 g/mol. The third-order valence-corrected chi connectivity index (χ3v) is 2.14. The summed E-state index contributed by atoms with van der Waals surface area (Å²) in [5, 5.41) is 6.29. The molecule has 0 aromatic rings. The highest BCUT2D eigenvalue weighted by Crippen LogP contribution is 2.10. The highest BCUT2D eigenvalue weighted by atomic mass is 32.2. The molecule has 0 amide bonds. The number of hydrogen-bond acceptors (Lipinski definition) is 5. The highest BCUT2D eigenvalue weighted by molar-refractivity contribution is 8.04. The van der Waals surface area contributed by atoms with Gasteiger partial charge in [-0.05, 0) is 6.08 Å². The Morgan fingerprint density at radius 1 is 1.33 bits per heavy atom. The first kappa shape index (κ1) is 7.32. The van der Waals surface area contributed by atoms with E-state index in [0.29, 0.717) is 5.71 Å². The largest absolute Gasteiger partial charge is 0.316 e. The molecule has 0 bridgehead atoms. The van der Waals surface area contributed by atoms with E-state index in [9.17, 15) is 8.42 Å². The second-order valence-electron chi connectivity index (χ2n) is 2.16. The second kappa shape index (κ2) is 2.08. The zero-order chi connectivity index (χ0) is 8.77. The van der Waals surface area contributed by atoms with Crippen LogP contribution in [-0.2, 0) is 10.1 Å². The van der Waals surface area contributed by atoms with Crippen molar-refractivity contribution in [1.82, 2.24) is 0 Å². The Bertz CT molecular complexity index is 454. The van der Waals surface area contributed by atoms with Gasteiger partial charge in [-0.1, -0.05) is 0 Å². The molecule has 0 radical (unpaired) electrons. The molecule has 0 atom stereocenters. The van der Waals surface area contributed by atoms with Gasteiger partial charge in [0, 0.05) is 6.20 Å². The third kappa shape index (κ3) is 0.908. The van der Waals surface area contributed by atoms with Crippen LogP contribution in [0.2, 0.25) is 0 Å². The summed E-state index contributed by atoms with van der Waals surface area (Å²) >= 11 is 0. The fourth-order valence-electron chi connectivity index (χ4n) is 0.893. The first-order chi connectivity index (χ1) is 5.59. The van der Waals surface area contributed by atoms with Crippen LogP contribution in [-0.4, -0.2) is 29.4 Å². The van der Waals surface area contributed by atoms with Gasteiger partial charge in [0.25, 0.3) is 0 Å². The zero-order valence-corrected chi connectivity index (χ0v) is 6.48. The van der Waals surface area contributed by atoms with Crippen LogP contribution >= 0.6 is 0 Å². The van der Waals surface area contributed by atoms with Crippen LogP contribution in [0.5, 0.6) is 0 Å². The minimum atomic E-state index is -4.29. The molecular formula is C5H3N3O3S. The van der Waals surface area contributed by atoms with Crippen LogP contribution in [0.1, 0.15) is 0 Å². The fraction of sp³-hybridized carbons (Fsp3) is 0. The van der Waals surface area contributed by atoms with Crippen molar-refractivity contribution in [2.75, 3.05) is 0 Å². The van der Waals surface area contributed by atoms with E-state index < -0.39 is 15.2 Å². The fourth-order valence-corrected chi connectivity index (χ4v) is 1.44. The maximum absolute atomic E-state index is 10.6. The molecule has 6 nitrogen and oxygen atoms in total. The van der Waals surface area contributed by atoms with E-state index in [2.05, 4.69) is 15.2 Å². The van der Waals surface area contributed by atoms with Gasteiger partial charge in [0.05, 0.1) is 0 Å². The summed E-state index contributed by atoms with van der Waals surface area (Å²) in [4.78, 5) is 3.68. The number of hydrogen-bond donors (Lipinski definition) is 1. The first-order valence-electron chi connectivity index (χ1n) is 2.97. The molecule has 0 fully saturated rings. The van der Waals surface area contributed by atoms with E-state index >= 15 is 0 Å². The van der Waals surface area contributed by atoms with E-state index in [4.69, 9.17) is 4.55 Å². The van der Waals surface area contributed by atoms with Gasteiger partial charge in [-0.25, -0.2) is 0 Å². The van der Waals surface area contributed by atoms with Gasteiger partial charge in [0.2, 0.25) is 5.04 Å². The van der Waals surface area contributed by atoms with Crippen molar-refractivity contribution < 1.29 is 13.0 Å². The minimum Gasteiger partial charge on any atom is -0.281 e. The predicted octanol–water partition coefficient (Wildman–Crippen LogP) is -0.389. The number of fused-ring (bicyclic) bond motifs is 1. The van der Waals surface area contributed by atoms with E-state index in [1.54, 1.807) is 0 Å². The normalized spacial score (nSPS) is 20.2. The molecule has 0 unspecified atom stereocenters. The van der Waals surface area contributed by atoms with E-state index in [1.807, 2.05) is 0 Å². The molecule has 0 aromatic heterocycles. The maximum Gasteiger partial charge on any atom is 0.316 e. The van der Waals surface area contributed by atoms with Crippen molar-refractivity contribution in [3.05, 3.63) is 12.3 Å². The molecule has 2 aliphatic heterocycles. The molecule has 1 N–H and O–H groups in total. The molecule has 0 spiro atoms. The summed E-state index contributed by atoms with van der Waals surface area (Å²) in [7, 11) is -4.29. The molecule has 0 saturated carbocycles.